The number of nitrogens with zero attached hydrogens (tertiary/aromatic N) is 3. The molecule has 4 rings (SSSR count). The molecule has 1 amide bonds. The van der Waals surface area contributed by atoms with Crippen LogP contribution >= 0.6 is 0 Å². The molecule has 0 aliphatic carbocycles. The topological polar surface area (TPSA) is 84.1 Å². The second-order valence-corrected chi connectivity index (χ2v) is 9.30. The molecule has 1 saturated heterocycles. The van der Waals surface area contributed by atoms with Gasteiger partial charge in [-0.15, -0.1) is 0 Å². The number of carbonyl (C=O) groups excluding carboxylic acids is 1. The zero-order valence-corrected chi connectivity index (χ0v) is 20.0. The molecule has 172 valence electrons. The van der Waals surface area contributed by atoms with Crippen molar-refractivity contribution in [2.24, 2.45) is 5.92 Å². The van der Waals surface area contributed by atoms with Gasteiger partial charge in [0.15, 0.2) is 0 Å². The summed E-state index contributed by atoms with van der Waals surface area (Å²) < 4.78 is 0. The average molecular weight is 444 g/mol. The Morgan fingerprint density at radius 3 is 2.21 bits per heavy atom. The minimum absolute atomic E-state index is 0.124. The van der Waals surface area contributed by atoms with E-state index < -0.39 is 0 Å². The largest absolute Gasteiger partial charge is 0.399 e. The Labute approximate surface area is 196 Å². The fourth-order valence-electron chi connectivity index (χ4n) is 4.73. The fraction of sp³-hybridized carbons (Fsp3) is 0.370. The first-order chi connectivity index (χ1) is 15.7. The van der Waals surface area contributed by atoms with Crippen molar-refractivity contribution in [2.45, 2.75) is 59.2 Å². The van der Waals surface area contributed by atoms with Crippen LogP contribution in [0, 0.1) is 12.8 Å². The molecule has 3 aromatic rings. The number of anilines is 2. The summed E-state index contributed by atoms with van der Waals surface area (Å²) in [5.41, 5.74) is 10.0. The first-order valence-corrected chi connectivity index (χ1v) is 11.6. The lowest BCUT2D eigenvalue weighted by Crippen LogP contribution is -2.35. The summed E-state index contributed by atoms with van der Waals surface area (Å²) >= 11 is 0. The van der Waals surface area contributed by atoms with Crippen LogP contribution in [0.15, 0.2) is 54.6 Å². The van der Waals surface area contributed by atoms with Crippen molar-refractivity contribution in [1.82, 2.24) is 15.3 Å². The van der Waals surface area contributed by atoms with Gasteiger partial charge in [-0.2, -0.15) is 0 Å². The Kier molecular flexibility index (Phi) is 6.36. The van der Waals surface area contributed by atoms with Crippen molar-refractivity contribution >= 4 is 17.4 Å². The van der Waals surface area contributed by atoms with Crippen LogP contribution in [0.25, 0.3) is 11.1 Å². The van der Waals surface area contributed by atoms with Crippen molar-refractivity contribution in [1.29, 1.82) is 0 Å². The third kappa shape index (κ3) is 4.85. The quantitative estimate of drug-likeness (QED) is 0.533. The van der Waals surface area contributed by atoms with Gasteiger partial charge in [-0.05, 0) is 75.4 Å². The highest BCUT2D eigenvalue weighted by atomic mass is 16.1. The molecule has 0 radical (unpaired) electrons. The fourth-order valence-corrected chi connectivity index (χ4v) is 4.73. The second-order valence-electron chi connectivity index (χ2n) is 9.30. The van der Waals surface area contributed by atoms with Crippen LogP contribution in [0.2, 0.25) is 0 Å². The number of amides is 1. The molecule has 0 bridgehead atoms. The molecular weight excluding hydrogens is 410 g/mol. The molecule has 0 spiro atoms. The number of benzene rings is 2. The number of rotatable bonds is 5. The summed E-state index contributed by atoms with van der Waals surface area (Å²) in [5.74, 6) is 2.15. The first-order valence-electron chi connectivity index (χ1n) is 11.6. The number of hydrogen-bond donors (Lipinski definition) is 2. The molecule has 3 N–H and O–H groups in total. The van der Waals surface area contributed by atoms with Crippen molar-refractivity contribution in [3.8, 4) is 11.1 Å². The van der Waals surface area contributed by atoms with Gasteiger partial charge < -0.3 is 16.0 Å². The molecule has 0 saturated carbocycles. The average Bonchev–Trinajstić information content (AvgIpc) is 3.05. The standard InChI is InChI=1S/C27H33N5O/c1-16-14-17(2)32(19(16)4)26-15-25(30-20(5)31-26)18(3)29-27(33)23-8-6-21(7-9-23)22-10-12-24(28)13-11-22/h6-13,15-19H,14,28H2,1-5H3,(H,29,33). The van der Waals surface area contributed by atoms with E-state index in [1.54, 1.807) is 0 Å². The Balaban J connectivity index is 1.49. The summed E-state index contributed by atoms with van der Waals surface area (Å²) in [7, 11) is 0. The van der Waals surface area contributed by atoms with Gasteiger partial charge in [0, 0.05) is 29.4 Å². The normalized spacial score (nSPS) is 21.1. The molecule has 1 aliphatic rings. The lowest BCUT2D eigenvalue weighted by Gasteiger charge is -2.29. The molecule has 4 atom stereocenters. The summed E-state index contributed by atoms with van der Waals surface area (Å²) in [6.07, 6.45) is 1.15. The Bertz CT molecular complexity index is 1130. The lowest BCUT2D eigenvalue weighted by atomic mass is 10.0. The van der Waals surface area contributed by atoms with Crippen LogP contribution in [0.1, 0.15) is 62.0 Å². The maximum atomic E-state index is 12.9. The maximum Gasteiger partial charge on any atom is 0.251 e. The number of aryl methyl sites for hydroxylation is 1. The van der Waals surface area contributed by atoms with Crippen molar-refractivity contribution in [3.05, 3.63) is 71.7 Å². The molecule has 1 fully saturated rings. The zero-order chi connectivity index (χ0) is 23.7. The summed E-state index contributed by atoms with van der Waals surface area (Å²) in [6.45, 7) is 10.7. The van der Waals surface area contributed by atoms with Gasteiger partial charge in [-0.3, -0.25) is 4.79 Å². The third-order valence-electron chi connectivity index (χ3n) is 6.74. The van der Waals surface area contributed by atoms with Crippen molar-refractivity contribution in [3.63, 3.8) is 0 Å². The molecular formula is C27H33N5O. The van der Waals surface area contributed by atoms with Crippen LogP contribution in [-0.4, -0.2) is 28.0 Å². The molecule has 6 heteroatoms. The van der Waals surface area contributed by atoms with Crippen LogP contribution in [-0.2, 0) is 0 Å². The Morgan fingerprint density at radius 1 is 1.03 bits per heavy atom. The molecule has 33 heavy (non-hydrogen) atoms. The van der Waals surface area contributed by atoms with Gasteiger partial charge in [0.05, 0.1) is 11.7 Å². The smallest absolute Gasteiger partial charge is 0.251 e. The summed E-state index contributed by atoms with van der Waals surface area (Å²) in [5, 5.41) is 3.09. The predicted molar refractivity (Wildman–Crippen MR) is 134 cm³/mol. The van der Waals surface area contributed by atoms with Crippen molar-refractivity contribution < 1.29 is 4.79 Å². The van der Waals surface area contributed by atoms with Crippen LogP contribution in [0.3, 0.4) is 0 Å². The molecule has 6 nitrogen and oxygen atoms in total. The molecule has 1 aromatic heterocycles. The van der Waals surface area contributed by atoms with Crippen LogP contribution in [0.4, 0.5) is 11.5 Å². The molecule has 2 heterocycles. The number of nitrogens with one attached hydrogen (secondary N) is 1. The van der Waals surface area contributed by atoms with E-state index in [4.69, 9.17) is 10.7 Å². The SMILES string of the molecule is Cc1nc(C(C)NC(=O)c2ccc(-c3ccc(N)cc3)cc2)cc(N2C(C)CC(C)C2C)n1. The van der Waals surface area contributed by atoms with Gasteiger partial charge in [0.25, 0.3) is 5.91 Å². The number of nitrogens with two attached hydrogens (primary N) is 1. The first kappa shape index (κ1) is 22.8. The number of hydrogen-bond acceptors (Lipinski definition) is 5. The summed E-state index contributed by atoms with van der Waals surface area (Å²) in [6, 6.07) is 17.9. The lowest BCUT2D eigenvalue weighted by molar-refractivity contribution is 0.0939. The molecule has 1 aliphatic heterocycles. The minimum Gasteiger partial charge on any atom is -0.399 e. The minimum atomic E-state index is -0.236. The Hall–Kier alpha value is -3.41. The summed E-state index contributed by atoms with van der Waals surface area (Å²) in [4.78, 5) is 24.6. The highest BCUT2D eigenvalue weighted by Crippen LogP contribution is 2.33. The third-order valence-corrected chi connectivity index (χ3v) is 6.74. The van der Waals surface area contributed by atoms with E-state index in [0.717, 1.165) is 40.6 Å². The van der Waals surface area contributed by atoms with E-state index in [-0.39, 0.29) is 11.9 Å². The van der Waals surface area contributed by atoms with E-state index >= 15 is 0 Å². The van der Waals surface area contributed by atoms with E-state index in [2.05, 4.69) is 36.0 Å². The van der Waals surface area contributed by atoms with E-state index in [1.165, 1.54) is 0 Å². The number of nitrogen functional groups attached to an aromatic ring is 1. The van der Waals surface area contributed by atoms with Crippen LogP contribution in [0.5, 0.6) is 0 Å². The van der Waals surface area contributed by atoms with Gasteiger partial charge in [0.2, 0.25) is 0 Å². The molecule has 2 aromatic carbocycles. The zero-order valence-electron chi connectivity index (χ0n) is 20.0. The van der Waals surface area contributed by atoms with E-state index in [0.29, 0.717) is 23.6 Å². The van der Waals surface area contributed by atoms with E-state index in [1.807, 2.05) is 68.4 Å². The predicted octanol–water partition coefficient (Wildman–Crippen LogP) is 5.15. The number of aromatic nitrogens is 2. The maximum absolute atomic E-state index is 12.9. The van der Waals surface area contributed by atoms with E-state index in [9.17, 15) is 4.79 Å². The van der Waals surface area contributed by atoms with Gasteiger partial charge in [0.1, 0.15) is 11.6 Å². The monoisotopic (exact) mass is 443 g/mol. The highest BCUT2D eigenvalue weighted by Gasteiger charge is 2.34. The second kappa shape index (κ2) is 9.22. The van der Waals surface area contributed by atoms with Crippen LogP contribution < -0.4 is 16.0 Å². The Morgan fingerprint density at radius 2 is 1.64 bits per heavy atom. The van der Waals surface area contributed by atoms with Crippen molar-refractivity contribution in [2.75, 3.05) is 10.6 Å². The highest BCUT2D eigenvalue weighted by molar-refractivity contribution is 5.95. The molecule has 4 unspecified atom stereocenters. The number of carbonyl (C=O) groups is 1. The van der Waals surface area contributed by atoms with Gasteiger partial charge in [-0.1, -0.05) is 31.2 Å². The van der Waals surface area contributed by atoms with Gasteiger partial charge >= 0.3 is 0 Å². The van der Waals surface area contributed by atoms with Gasteiger partial charge in [-0.25, -0.2) is 9.97 Å².